The van der Waals surface area contributed by atoms with Crippen LogP contribution in [-0.2, 0) is 0 Å². The highest BCUT2D eigenvalue weighted by molar-refractivity contribution is 5.29. The predicted octanol–water partition coefficient (Wildman–Crippen LogP) is 0.784. The molecule has 0 aromatic heterocycles. The Morgan fingerprint density at radius 2 is 2.23 bits per heavy atom. The third-order valence-corrected chi connectivity index (χ3v) is 1.74. The molecule has 3 nitrogen and oxygen atoms in total. The molecule has 0 aliphatic heterocycles. The van der Waals surface area contributed by atoms with Crippen molar-refractivity contribution in [3.63, 3.8) is 0 Å². The first kappa shape index (κ1) is 9.95. The first-order valence-corrected chi connectivity index (χ1v) is 3.96. The van der Waals surface area contributed by atoms with E-state index < -0.39 is 11.9 Å². The maximum atomic E-state index is 13.1. The van der Waals surface area contributed by atoms with Crippen LogP contribution in [0.25, 0.3) is 0 Å². The molecule has 4 heteroatoms. The van der Waals surface area contributed by atoms with Crippen molar-refractivity contribution in [1.82, 2.24) is 5.32 Å². The van der Waals surface area contributed by atoms with Gasteiger partial charge in [0.25, 0.3) is 0 Å². The summed E-state index contributed by atoms with van der Waals surface area (Å²) in [4.78, 5) is 0. The Morgan fingerprint density at radius 3 is 2.77 bits per heavy atom. The average Bonchev–Trinajstić information content (AvgIpc) is 2.04. The van der Waals surface area contributed by atoms with Crippen LogP contribution in [0.5, 0.6) is 5.75 Å². The summed E-state index contributed by atoms with van der Waals surface area (Å²) in [5.41, 5.74) is 0.187. The monoisotopic (exact) mass is 185 g/mol. The number of aliphatic hydroxyl groups excluding tert-OH is 1. The fourth-order valence-electron chi connectivity index (χ4n) is 1.09. The quantitative estimate of drug-likeness (QED) is 0.652. The molecule has 1 unspecified atom stereocenters. The van der Waals surface area contributed by atoms with Gasteiger partial charge >= 0.3 is 0 Å². The molecule has 0 saturated heterocycles. The van der Waals surface area contributed by atoms with Gasteiger partial charge in [0.2, 0.25) is 0 Å². The van der Waals surface area contributed by atoms with Crippen molar-refractivity contribution >= 4 is 0 Å². The first-order chi connectivity index (χ1) is 6.15. The van der Waals surface area contributed by atoms with Gasteiger partial charge in [0.15, 0.2) is 0 Å². The molecule has 0 saturated carbocycles. The second-order valence-corrected chi connectivity index (χ2v) is 2.78. The summed E-state index contributed by atoms with van der Waals surface area (Å²) in [5, 5.41) is 21.0. The Labute approximate surface area is 75.8 Å². The number of rotatable bonds is 3. The molecule has 0 fully saturated rings. The fraction of sp³-hybridized carbons (Fsp3) is 0.333. The smallest absolute Gasteiger partial charge is 0.132 e. The minimum atomic E-state index is -0.884. The number of hydrogen-bond donors (Lipinski definition) is 3. The van der Waals surface area contributed by atoms with Gasteiger partial charge in [0.05, 0.1) is 6.10 Å². The Kier molecular flexibility index (Phi) is 3.22. The van der Waals surface area contributed by atoms with E-state index in [-0.39, 0.29) is 17.9 Å². The second kappa shape index (κ2) is 4.20. The van der Waals surface area contributed by atoms with Crippen LogP contribution in [0.2, 0.25) is 0 Å². The summed E-state index contributed by atoms with van der Waals surface area (Å²) in [5.74, 6) is -0.736. The van der Waals surface area contributed by atoms with E-state index in [1.165, 1.54) is 12.1 Å². The van der Waals surface area contributed by atoms with Crippen molar-refractivity contribution in [2.45, 2.75) is 6.10 Å². The third-order valence-electron chi connectivity index (χ3n) is 1.74. The van der Waals surface area contributed by atoms with Crippen LogP contribution >= 0.6 is 0 Å². The highest BCUT2D eigenvalue weighted by Crippen LogP contribution is 2.20. The van der Waals surface area contributed by atoms with Crippen molar-refractivity contribution in [3.8, 4) is 5.75 Å². The molecule has 1 rings (SSSR count). The van der Waals surface area contributed by atoms with E-state index in [4.69, 9.17) is 5.11 Å². The minimum absolute atomic E-state index is 0.141. The van der Waals surface area contributed by atoms with Crippen molar-refractivity contribution in [3.05, 3.63) is 29.6 Å². The summed E-state index contributed by atoms with van der Waals surface area (Å²) in [6.45, 7) is 0.279. The number of phenols is 1. The van der Waals surface area contributed by atoms with Crippen LogP contribution < -0.4 is 5.32 Å². The molecule has 1 aromatic carbocycles. The molecule has 13 heavy (non-hydrogen) atoms. The number of aliphatic hydroxyl groups is 1. The molecule has 72 valence electrons. The molecule has 3 N–H and O–H groups in total. The van der Waals surface area contributed by atoms with Gasteiger partial charge in [-0.1, -0.05) is 0 Å². The third kappa shape index (κ3) is 2.40. The zero-order chi connectivity index (χ0) is 9.84. The van der Waals surface area contributed by atoms with Crippen LogP contribution in [0.4, 0.5) is 4.39 Å². The number of benzene rings is 1. The van der Waals surface area contributed by atoms with Crippen LogP contribution in [0.3, 0.4) is 0 Å². The van der Waals surface area contributed by atoms with Crippen molar-refractivity contribution in [2.24, 2.45) is 0 Å². The number of aromatic hydroxyl groups is 1. The summed E-state index contributed by atoms with van der Waals surface area (Å²) >= 11 is 0. The standard InChI is InChI=1S/C9H12FNO2/c1-11-5-9(13)7-3-2-6(12)4-8(7)10/h2-4,9,11-13H,5H2,1H3. The second-order valence-electron chi connectivity index (χ2n) is 2.78. The minimum Gasteiger partial charge on any atom is -0.508 e. The first-order valence-electron chi connectivity index (χ1n) is 3.96. The maximum Gasteiger partial charge on any atom is 0.132 e. The number of likely N-dealkylation sites (N-methyl/N-ethyl adjacent to an activating group) is 1. The zero-order valence-electron chi connectivity index (χ0n) is 7.29. The van der Waals surface area contributed by atoms with E-state index in [1.807, 2.05) is 0 Å². The average molecular weight is 185 g/mol. The van der Waals surface area contributed by atoms with Crippen LogP contribution in [0, 0.1) is 5.82 Å². The summed E-state index contributed by atoms with van der Waals surface area (Å²) in [6, 6.07) is 3.69. The molecule has 0 aliphatic carbocycles. The van der Waals surface area contributed by atoms with Gasteiger partial charge in [-0.3, -0.25) is 0 Å². The van der Waals surface area contributed by atoms with Gasteiger partial charge in [0.1, 0.15) is 11.6 Å². The molecule has 0 bridgehead atoms. The Morgan fingerprint density at radius 1 is 1.54 bits per heavy atom. The normalized spacial score (nSPS) is 12.8. The van der Waals surface area contributed by atoms with Crippen molar-refractivity contribution in [1.29, 1.82) is 0 Å². The lowest BCUT2D eigenvalue weighted by atomic mass is 10.1. The zero-order valence-corrected chi connectivity index (χ0v) is 7.29. The topological polar surface area (TPSA) is 52.5 Å². The lowest BCUT2D eigenvalue weighted by molar-refractivity contribution is 0.173. The van der Waals surface area contributed by atoms with E-state index in [0.717, 1.165) is 6.07 Å². The number of phenolic OH excluding ortho intramolecular Hbond substituents is 1. The molecule has 0 heterocycles. The van der Waals surface area contributed by atoms with E-state index in [2.05, 4.69) is 5.32 Å². The summed E-state index contributed by atoms with van der Waals surface area (Å²) in [7, 11) is 1.67. The van der Waals surface area contributed by atoms with E-state index in [9.17, 15) is 9.50 Å². The SMILES string of the molecule is CNCC(O)c1ccc(O)cc1F. The van der Waals surface area contributed by atoms with Gasteiger partial charge in [-0.25, -0.2) is 4.39 Å². The van der Waals surface area contributed by atoms with Crippen LogP contribution in [0.1, 0.15) is 11.7 Å². The molecule has 0 spiro atoms. The highest BCUT2D eigenvalue weighted by Gasteiger charge is 2.11. The van der Waals surface area contributed by atoms with Crippen molar-refractivity contribution in [2.75, 3.05) is 13.6 Å². The fourth-order valence-corrected chi connectivity index (χ4v) is 1.09. The van der Waals surface area contributed by atoms with E-state index in [0.29, 0.717) is 0 Å². The molecule has 0 aliphatic rings. The molecular weight excluding hydrogens is 173 g/mol. The largest absolute Gasteiger partial charge is 0.508 e. The molecular formula is C9H12FNO2. The van der Waals surface area contributed by atoms with E-state index >= 15 is 0 Å². The Hall–Kier alpha value is -1.13. The van der Waals surface area contributed by atoms with Crippen LogP contribution in [-0.4, -0.2) is 23.8 Å². The lowest BCUT2D eigenvalue weighted by Crippen LogP contribution is -2.17. The molecule has 0 amide bonds. The van der Waals surface area contributed by atoms with Crippen molar-refractivity contribution < 1.29 is 14.6 Å². The number of hydrogen-bond acceptors (Lipinski definition) is 3. The molecule has 1 atom stereocenters. The van der Waals surface area contributed by atoms with Gasteiger partial charge in [-0.2, -0.15) is 0 Å². The van der Waals surface area contributed by atoms with Crippen LogP contribution in [0.15, 0.2) is 18.2 Å². The Balaban J connectivity index is 2.88. The van der Waals surface area contributed by atoms with Gasteiger partial charge in [-0.05, 0) is 19.2 Å². The number of halogens is 1. The predicted molar refractivity (Wildman–Crippen MR) is 47.0 cm³/mol. The Bertz CT molecular complexity index is 291. The van der Waals surface area contributed by atoms with Gasteiger partial charge < -0.3 is 15.5 Å². The molecule has 0 radical (unpaired) electrons. The van der Waals surface area contributed by atoms with E-state index in [1.54, 1.807) is 7.05 Å². The van der Waals surface area contributed by atoms with Gasteiger partial charge in [-0.15, -0.1) is 0 Å². The summed E-state index contributed by atoms with van der Waals surface area (Å²) in [6.07, 6.45) is -0.884. The van der Waals surface area contributed by atoms with Gasteiger partial charge in [0, 0.05) is 18.2 Å². The summed E-state index contributed by atoms with van der Waals surface area (Å²) < 4.78 is 13.1. The maximum absolute atomic E-state index is 13.1. The highest BCUT2D eigenvalue weighted by atomic mass is 19.1. The number of nitrogens with one attached hydrogen (secondary N) is 1. The molecule has 1 aromatic rings. The lowest BCUT2D eigenvalue weighted by Gasteiger charge is -2.10.